The Morgan fingerprint density at radius 2 is 2.26 bits per heavy atom. The average Bonchev–Trinajstić information content (AvgIpc) is 2.77. The lowest BCUT2D eigenvalue weighted by Crippen LogP contribution is -2.40. The summed E-state index contributed by atoms with van der Waals surface area (Å²) in [5, 5.41) is 16.7. The number of hydrogen-bond donors (Lipinski definition) is 2. The molecule has 5 nitrogen and oxygen atoms in total. The molecule has 0 aliphatic carbocycles. The number of nitrogens with one attached hydrogen (secondary N) is 1. The van der Waals surface area contributed by atoms with Crippen LogP contribution in [0.1, 0.15) is 31.2 Å². The highest BCUT2D eigenvalue weighted by Gasteiger charge is 2.19. The first-order chi connectivity index (χ1) is 9.13. The highest BCUT2D eigenvalue weighted by molar-refractivity contribution is 5.02. The van der Waals surface area contributed by atoms with E-state index in [4.69, 9.17) is 4.52 Å². The molecule has 0 bridgehead atoms. The van der Waals surface area contributed by atoms with Gasteiger partial charge in [0, 0.05) is 12.6 Å². The molecule has 1 aromatic rings. The molecule has 0 unspecified atom stereocenters. The maximum absolute atomic E-state index is 9.37. The molecule has 1 aromatic heterocycles. The molecule has 1 aliphatic rings. The second-order valence-corrected chi connectivity index (χ2v) is 5.66. The Morgan fingerprint density at radius 3 is 2.84 bits per heavy atom. The zero-order valence-electron chi connectivity index (χ0n) is 11.9. The molecule has 2 N–H and O–H groups in total. The monoisotopic (exact) mass is 267 g/mol. The summed E-state index contributed by atoms with van der Waals surface area (Å²) in [5.41, 5.74) is 0.934. The van der Waals surface area contributed by atoms with Gasteiger partial charge in [-0.25, -0.2) is 0 Å². The van der Waals surface area contributed by atoms with Crippen LogP contribution in [0.3, 0.4) is 0 Å². The number of nitrogens with zero attached hydrogens (tertiary/aromatic N) is 2. The fraction of sp³-hybridized carbons (Fsp3) is 0.786. The standard InChI is InChI=1S/C14H25N3O2/c1-11-7-14(19-16-11)9-15-8-13-3-5-17(6-4-13)10-12(2)18/h7,12-13,15,18H,3-6,8-10H2,1-2H3/t12-/m1/s1. The molecule has 0 spiro atoms. The number of aliphatic hydroxyl groups excluding tert-OH is 1. The second-order valence-electron chi connectivity index (χ2n) is 5.66. The number of piperidine rings is 1. The van der Waals surface area contributed by atoms with E-state index in [-0.39, 0.29) is 6.10 Å². The van der Waals surface area contributed by atoms with Gasteiger partial charge in [-0.3, -0.25) is 0 Å². The predicted octanol–water partition coefficient (Wildman–Crippen LogP) is 1.17. The Labute approximate surface area is 115 Å². The van der Waals surface area contributed by atoms with Crippen molar-refractivity contribution in [1.29, 1.82) is 0 Å². The normalized spacial score (nSPS) is 19.7. The van der Waals surface area contributed by atoms with Crippen LogP contribution in [-0.4, -0.2) is 47.4 Å². The van der Waals surface area contributed by atoms with Crippen LogP contribution in [0.2, 0.25) is 0 Å². The van der Waals surface area contributed by atoms with Gasteiger partial charge in [0.25, 0.3) is 0 Å². The zero-order valence-corrected chi connectivity index (χ0v) is 11.9. The molecular weight excluding hydrogens is 242 g/mol. The fourth-order valence-corrected chi connectivity index (χ4v) is 2.65. The van der Waals surface area contributed by atoms with Crippen LogP contribution in [0.4, 0.5) is 0 Å². The molecule has 0 amide bonds. The average molecular weight is 267 g/mol. The molecule has 2 heterocycles. The topological polar surface area (TPSA) is 61.5 Å². The highest BCUT2D eigenvalue weighted by Crippen LogP contribution is 2.16. The van der Waals surface area contributed by atoms with Crippen molar-refractivity contribution in [3.05, 3.63) is 17.5 Å². The third-order valence-corrected chi connectivity index (χ3v) is 3.64. The van der Waals surface area contributed by atoms with Crippen LogP contribution < -0.4 is 5.32 Å². The number of β-amino-alcohol motifs (C(OH)–C–C–N with tert-alkyl or cyclic N) is 1. The molecule has 1 aliphatic heterocycles. The summed E-state index contributed by atoms with van der Waals surface area (Å²) >= 11 is 0. The maximum atomic E-state index is 9.37. The molecule has 0 radical (unpaired) electrons. The maximum Gasteiger partial charge on any atom is 0.150 e. The quantitative estimate of drug-likeness (QED) is 0.810. The van der Waals surface area contributed by atoms with Gasteiger partial charge < -0.3 is 19.8 Å². The third kappa shape index (κ3) is 4.93. The van der Waals surface area contributed by atoms with Gasteiger partial charge in [-0.05, 0) is 52.2 Å². The molecule has 5 heteroatoms. The summed E-state index contributed by atoms with van der Waals surface area (Å²) in [6, 6.07) is 1.97. The molecule has 19 heavy (non-hydrogen) atoms. The second kappa shape index (κ2) is 7.03. The molecular formula is C14H25N3O2. The lowest BCUT2D eigenvalue weighted by atomic mass is 9.96. The zero-order chi connectivity index (χ0) is 13.7. The van der Waals surface area contributed by atoms with Gasteiger partial charge in [0.1, 0.15) is 0 Å². The molecule has 1 atom stereocenters. The summed E-state index contributed by atoms with van der Waals surface area (Å²) in [7, 11) is 0. The smallest absolute Gasteiger partial charge is 0.150 e. The van der Waals surface area contributed by atoms with Gasteiger partial charge in [-0.1, -0.05) is 5.16 Å². The lowest BCUT2D eigenvalue weighted by Gasteiger charge is -2.32. The predicted molar refractivity (Wildman–Crippen MR) is 73.8 cm³/mol. The van der Waals surface area contributed by atoms with Crippen LogP contribution in [0.25, 0.3) is 0 Å². The van der Waals surface area contributed by atoms with Crippen molar-refractivity contribution in [3.8, 4) is 0 Å². The van der Waals surface area contributed by atoms with Crippen molar-refractivity contribution in [1.82, 2.24) is 15.4 Å². The van der Waals surface area contributed by atoms with E-state index in [9.17, 15) is 5.11 Å². The van der Waals surface area contributed by atoms with Crippen molar-refractivity contribution in [2.45, 2.75) is 39.3 Å². The number of aromatic nitrogens is 1. The summed E-state index contributed by atoms with van der Waals surface area (Å²) < 4.78 is 5.17. The van der Waals surface area contributed by atoms with Crippen LogP contribution in [0.15, 0.2) is 10.6 Å². The van der Waals surface area contributed by atoms with Crippen molar-refractivity contribution < 1.29 is 9.63 Å². The molecule has 1 fully saturated rings. The van der Waals surface area contributed by atoms with Crippen molar-refractivity contribution >= 4 is 0 Å². The van der Waals surface area contributed by atoms with Gasteiger partial charge in [0.05, 0.1) is 18.3 Å². The molecule has 0 aromatic carbocycles. The SMILES string of the molecule is Cc1cc(CNCC2CCN(C[C@@H](C)O)CC2)on1. The van der Waals surface area contributed by atoms with Crippen molar-refractivity contribution in [2.24, 2.45) is 5.92 Å². The summed E-state index contributed by atoms with van der Waals surface area (Å²) in [6.07, 6.45) is 2.19. The minimum atomic E-state index is -0.218. The number of rotatable bonds is 6. The first-order valence-corrected chi connectivity index (χ1v) is 7.17. The van der Waals surface area contributed by atoms with Gasteiger partial charge >= 0.3 is 0 Å². The number of likely N-dealkylation sites (tertiary alicyclic amines) is 1. The largest absolute Gasteiger partial charge is 0.392 e. The Kier molecular flexibility index (Phi) is 5.36. The van der Waals surface area contributed by atoms with Crippen LogP contribution in [-0.2, 0) is 6.54 Å². The van der Waals surface area contributed by atoms with Gasteiger partial charge in [0.2, 0.25) is 0 Å². The van der Waals surface area contributed by atoms with E-state index in [0.29, 0.717) is 0 Å². The third-order valence-electron chi connectivity index (χ3n) is 3.64. The van der Waals surface area contributed by atoms with E-state index in [0.717, 1.165) is 50.1 Å². The number of aliphatic hydroxyl groups is 1. The van der Waals surface area contributed by atoms with E-state index in [1.54, 1.807) is 0 Å². The summed E-state index contributed by atoms with van der Waals surface area (Å²) in [4.78, 5) is 2.35. The Morgan fingerprint density at radius 1 is 1.53 bits per heavy atom. The Hall–Kier alpha value is -0.910. The van der Waals surface area contributed by atoms with E-state index < -0.39 is 0 Å². The fourth-order valence-electron chi connectivity index (χ4n) is 2.65. The van der Waals surface area contributed by atoms with Gasteiger partial charge in [-0.15, -0.1) is 0 Å². The lowest BCUT2D eigenvalue weighted by molar-refractivity contribution is 0.0996. The Balaban J connectivity index is 1.60. The van der Waals surface area contributed by atoms with Crippen LogP contribution in [0.5, 0.6) is 0 Å². The van der Waals surface area contributed by atoms with Crippen LogP contribution in [0, 0.1) is 12.8 Å². The van der Waals surface area contributed by atoms with Gasteiger partial charge in [-0.2, -0.15) is 0 Å². The highest BCUT2D eigenvalue weighted by atomic mass is 16.5. The minimum absolute atomic E-state index is 0.218. The number of aryl methyl sites for hydroxylation is 1. The summed E-state index contributed by atoms with van der Waals surface area (Å²) in [6.45, 7) is 8.57. The Bertz CT molecular complexity index is 371. The van der Waals surface area contributed by atoms with Crippen LogP contribution >= 0.6 is 0 Å². The van der Waals surface area contributed by atoms with Crippen molar-refractivity contribution in [2.75, 3.05) is 26.2 Å². The van der Waals surface area contributed by atoms with E-state index in [1.165, 1.54) is 12.8 Å². The summed E-state index contributed by atoms with van der Waals surface area (Å²) in [5.74, 6) is 1.64. The molecule has 0 saturated carbocycles. The van der Waals surface area contributed by atoms with Gasteiger partial charge in [0.15, 0.2) is 5.76 Å². The molecule has 108 valence electrons. The van der Waals surface area contributed by atoms with E-state index >= 15 is 0 Å². The first kappa shape index (κ1) is 14.5. The van der Waals surface area contributed by atoms with Crippen molar-refractivity contribution in [3.63, 3.8) is 0 Å². The first-order valence-electron chi connectivity index (χ1n) is 7.17. The van der Waals surface area contributed by atoms with E-state index in [2.05, 4.69) is 15.4 Å². The number of hydrogen-bond acceptors (Lipinski definition) is 5. The molecule has 1 saturated heterocycles. The minimum Gasteiger partial charge on any atom is -0.392 e. The molecule has 2 rings (SSSR count). The van der Waals surface area contributed by atoms with E-state index in [1.807, 2.05) is 19.9 Å².